The van der Waals surface area contributed by atoms with Gasteiger partial charge >= 0.3 is 12.0 Å². The van der Waals surface area contributed by atoms with Crippen LogP contribution in [-0.4, -0.2) is 50.1 Å². The molecule has 0 aromatic heterocycles. The van der Waals surface area contributed by atoms with Crippen LogP contribution >= 0.6 is 0 Å². The zero-order valence-corrected chi connectivity index (χ0v) is 17.2. The van der Waals surface area contributed by atoms with Gasteiger partial charge in [-0.1, -0.05) is 18.9 Å². The number of carbonyl (C=O) groups excluding carboxylic acids is 4. The van der Waals surface area contributed by atoms with Crippen LogP contribution < -0.4 is 20.3 Å². The Morgan fingerprint density at radius 1 is 1.20 bits per heavy atom. The van der Waals surface area contributed by atoms with Crippen molar-refractivity contribution in [1.82, 2.24) is 10.6 Å². The van der Waals surface area contributed by atoms with E-state index in [4.69, 9.17) is 9.47 Å². The number of hydrogen-bond acceptors (Lipinski definition) is 6. The lowest BCUT2D eigenvalue weighted by molar-refractivity contribution is -0.152. The predicted molar refractivity (Wildman–Crippen MR) is 108 cm³/mol. The lowest BCUT2D eigenvalue weighted by Gasteiger charge is -2.20. The molecule has 0 bridgehead atoms. The van der Waals surface area contributed by atoms with Crippen LogP contribution in [0.3, 0.4) is 0 Å². The number of rotatable bonds is 6. The Bertz CT molecular complexity index is 834. The number of benzene rings is 1. The molecule has 1 atom stereocenters. The normalized spacial score (nSPS) is 18.9. The molecule has 9 nitrogen and oxygen atoms in total. The third-order valence-electron chi connectivity index (χ3n) is 5.37. The fourth-order valence-electron chi connectivity index (χ4n) is 3.82. The Labute approximate surface area is 175 Å². The molecule has 1 aromatic rings. The van der Waals surface area contributed by atoms with Gasteiger partial charge in [-0.05, 0) is 37.5 Å². The van der Waals surface area contributed by atoms with Gasteiger partial charge in [0.15, 0.2) is 6.61 Å². The summed E-state index contributed by atoms with van der Waals surface area (Å²) < 4.78 is 10.3. The monoisotopic (exact) mass is 417 g/mol. The number of anilines is 1. The van der Waals surface area contributed by atoms with E-state index in [1.165, 1.54) is 12.0 Å². The van der Waals surface area contributed by atoms with E-state index in [-0.39, 0.29) is 24.9 Å². The molecule has 1 saturated heterocycles. The van der Waals surface area contributed by atoms with Gasteiger partial charge in [-0.15, -0.1) is 0 Å². The van der Waals surface area contributed by atoms with Gasteiger partial charge < -0.3 is 19.7 Å². The quantitative estimate of drug-likeness (QED) is 0.681. The Balaban J connectivity index is 1.49. The molecule has 1 aliphatic carbocycles. The fourth-order valence-corrected chi connectivity index (χ4v) is 3.82. The maximum Gasteiger partial charge on any atom is 0.321 e. The van der Waals surface area contributed by atoms with Gasteiger partial charge in [0.25, 0.3) is 5.91 Å². The van der Waals surface area contributed by atoms with Crippen LogP contribution in [0.25, 0.3) is 0 Å². The lowest BCUT2D eigenvalue weighted by Crippen LogP contribution is -2.45. The molecule has 2 N–H and O–H groups in total. The van der Waals surface area contributed by atoms with E-state index < -0.39 is 30.4 Å². The maximum absolute atomic E-state index is 12.4. The summed E-state index contributed by atoms with van der Waals surface area (Å²) in [7, 11) is 1.52. The molecule has 0 unspecified atom stereocenters. The summed E-state index contributed by atoms with van der Waals surface area (Å²) in [6.45, 7) is 1.47. The molecule has 0 radical (unpaired) electrons. The van der Waals surface area contributed by atoms with E-state index in [1.807, 2.05) is 19.1 Å². The largest absolute Gasteiger partial charge is 0.495 e. The number of amides is 4. The van der Waals surface area contributed by atoms with Crippen molar-refractivity contribution in [3.05, 3.63) is 23.8 Å². The van der Waals surface area contributed by atoms with Gasteiger partial charge in [-0.3, -0.25) is 19.7 Å². The summed E-state index contributed by atoms with van der Waals surface area (Å²) in [4.78, 5) is 50.0. The third-order valence-corrected chi connectivity index (χ3v) is 5.37. The van der Waals surface area contributed by atoms with E-state index >= 15 is 0 Å². The molecule has 30 heavy (non-hydrogen) atoms. The fraction of sp³-hybridized carbons (Fsp3) is 0.524. The summed E-state index contributed by atoms with van der Waals surface area (Å²) in [5.41, 5.74) is 1.55. The van der Waals surface area contributed by atoms with Crippen molar-refractivity contribution in [2.45, 2.75) is 45.1 Å². The highest BCUT2D eigenvalue weighted by molar-refractivity contribution is 6.01. The van der Waals surface area contributed by atoms with Crippen LogP contribution in [-0.2, 0) is 19.1 Å². The van der Waals surface area contributed by atoms with Crippen LogP contribution in [0.2, 0.25) is 0 Å². The van der Waals surface area contributed by atoms with E-state index in [2.05, 4.69) is 10.6 Å². The topological polar surface area (TPSA) is 114 Å². The minimum Gasteiger partial charge on any atom is -0.495 e. The van der Waals surface area contributed by atoms with Crippen LogP contribution in [0.1, 0.15) is 37.7 Å². The molecule has 1 aliphatic heterocycles. The average molecular weight is 417 g/mol. The highest BCUT2D eigenvalue weighted by atomic mass is 16.5. The van der Waals surface area contributed by atoms with Crippen LogP contribution in [0.4, 0.5) is 10.5 Å². The van der Waals surface area contributed by atoms with Crippen molar-refractivity contribution in [3.63, 3.8) is 0 Å². The van der Waals surface area contributed by atoms with Crippen molar-refractivity contribution < 1.29 is 28.7 Å². The summed E-state index contributed by atoms with van der Waals surface area (Å²) in [5.74, 6) is -1.73. The SMILES string of the molecule is COc1ccc(C)cc1N1C[C@@H](C(=O)OCC(=O)NC(=O)NC2CCCC2)CC1=O. The van der Waals surface area contributed by atoms with E-state index in [9.17, 15) is 19.2 Å². The van der Waals surface area contributed by atoms with Crippen molar-refractivity contribution in [1.29, 1.82) is 0 Å². The highest BCUT2D eigenvalue weighted by Crippen LogP contribution is 2.34. The minimum absolute atomic E-state index is 0.0142. The molecule has 9 heteroatoms. The number of nitrogens with zero attached hydrogens (tertiary/aromatic N) is 1. The number of methoxy groups -OCH3 is 1. The zero-order chi connectivity index (χ0) is 21.7. The van der Waals surface area contributed by atoms with Crippen LogP contribution in [0.15, 0.2) is 18.2 Å². The first kappa shape index (κ1) is 21.6. The first-order valence-corrected chi connectivity index (χ1v) is 10.1. The first-order chi connectivity index (χ1) is 14.4. The lowest BCUT2D eigenvalue weighted by atomic mass is 10.1. The standard InChI is InChI=1S/C21H27N3O6/c1-13-7-8-17(29-2)16(9-13)24-11-14(10-19(24)26)20(27)30-12-18(25)23-21(28)22-15-5-3-4-6-15/h7-9,14-15H,3-6,10-12H2,1-2H3,(H2,22,23,25,28)/t14-/m0/s1. The number of ether oxygens (including phenoxy) is 2. The van der Waals surface area contributed by atoms with E-state index in [0.717, 1.165) is 31.2 Å². The average Bonchev–Trinajstić information content (AvgIpc) is 3.35. The second-order valence-electron chi connectivity index (χ2n) is 7.69. The smallest absolute Gasteiger partial charge is 0.321 e. The molecule has 1 aromatic carbocycles. The van der Waals surface area contributed by atoms with Gasteiger partial charge in [0, 0.05) is 19.0 Å². The number of aryl methyl sites for hydroxylation is 1. The van der Waals surface area contributed by atoms with Gasteiger partial charge in [0.05, 0.1) is 18.7 Å². The molecule has 0 spiro atoms. The van der Waals surface area contributed by atoms with Gasteiger partial charge in [-0.25, -0.2) is 4.79 Å². The maximum atomic E-state index is 12.4. The number of imide groups is 1. The van der Waals surface area contributed by atoms with Gasteiger partial charge in [-0.2, -0.15) is 0 Å². The molecule has 1 heterocycles. The predicted octanol–water partition coefficient (Wildman–Crippen LogP) is 1.67. The minimum atomic E-state index is -0.708. The molecule has 4 amide bonds. The second kappa shape index (κ2) is 9.60. The van der Waals surface area contributed by atoms with Gasteiger partial charge in [0.1, 0.15) is 5.75 Å². The van der Waals surface area contributed by atoms with Crippen molar-refractivity contribution in [3.8, 4) is 5.75 Å². The molecule has 2 fully saturated rings. The summed E-state index contributed by atoms with van der Waals surface area (Å²) >= 11 is 0. The van der Waals surface area contributed by atoms with Crippen LogP contribution in [0.5, 0.6) is 5.75 Å². The summed E-state index contributed by atoms with van der Waals surface area (Å²) in [5, 5.41) is 4.88. The summed E-state index contributed by atoms with van der Waals surface area (Å²) in [6.07, 6.45) is 3.90. The second-order valence-corrected chi connectivity index (χ2v) is 7.69. The van der Waals surface area contributed by atoms with Crippen LogP contribution in [0, 0.1) is 12.8 Å². The number of hydrogen-bond donors (Lipinski definition) is 2. The number of nitrogens with one attached hydrogen (secondary N) is 2. The third kappa shape index (κ3) is 5.28. The number of carbonyl (C=O) groups is 4. The Kier molecular flexibility index (Phi) is 6.91. The zero-order valence-electron chi connectivity index (χ0n) is 17.2. The van der Waals surface area contributed by atoms with E-state index in [0.29, 0.717) is 11.4 Å². The Morgan fingerprint density at radius 2 is 1.93 bits per heavy atom. The Morgan fingerprint density at radius 3 is 2.63 bits per heavy atom. The molecular formula is C21H27N3O6. The summed E-state index contributed by atoms with van der Waals surface area (Å²) in [6, 6.07) is 4.95. The first-order valence-electron chi connectivity index (χ1n) is 10.1. The molecule has 3 rings (SSSR count). The number of urea groups is 1. The molecular weight excluding hydrogens is 390 g/mol. The van der Waals surface area contributed by atoms with E-state index in [1.54, 1.807) is 6.07 Å². The molecule has 162 valence electrons. The van der Waals surface area contributed by atoms with Crippen molar-refractivity contribution in [2.24, 2.45) is 5.92 Å². The number of esters is 1. The molecule has 2 aliphatic rings. The van der Waals surface area contributed by atoms with Crippen molar-refractivity contribution in [2.75, 3.05) is 25.2 Å². The van der Waals surface area contributed by atoms with Gasteiger partial charge in [0.2, 0.25) is 5.91 Å². The Hall–Kier alpha value is -3.10. The van der Waals surface area contributed by atoms with Crippen molar-refractivity contribution >= 4 is 29.5 Å². The highest BCUT2D eigenvalue weighted by Gasteiger charge is 2.37. The molecule has 1 saturated carbocycles.